The topological polar surface area (TPSA) is 18.5 Å². The lowest BCUT2D eigenvalue weighted by molar-refractivity contribution is 0.284. The number of halogens is 1. The van der Waals surface area contributed by atoms with Gasteiger partial charge in [-0.05, 0) is 12.5 Å². The predicted molar refractivity (Wildman–Crippen MR) is 51.4 cm³/mol. The van der Waals surface area contributed by atoms with E-state index < -0.39 is 0 Å². The number of benzene rings is 1. The lowest BCUT2D eigenvalue weighted by Gasteiger charge is -2.09. The first kappa shape index (κ1) is 9.31. The zero-order valence-electron chi connectivity index (χ0n) is 8.18. The van der Waals surface area contributed by atoms with Crippen molar-refractivity contribution in [2.24, 2.45) is 0 Å². The third kappa shape index (κ3) is 1.67. The van der Waals surface area contributed by atoms with Gasteiger partial charge >= 0.3 is 0 Å². The van der Waals surface area contributed by atoms with Gasteiger partial charge in [0, 0.05) is 18.1 Å². The van der Waals surface area contributed by atoms with Gasteiger partial charge in [-0.15, -0.1) is 0 Å². The van der Waals surface area contributed by atoms with E-state index in [1.165, 1.54) is 12.1 Å². The van der Waals surface area contributed by atoms with Crippen LogP contribution in [0.1, 0.15) is 18.9 Å². The van der Waals surface area contributed by atoms with Crippen molar-refractivity contribution in [1.82, 2.24) is 0 Å². The first-order chi connectivity index (χ1) is 6.81. The van der Waals surface area contributed by atoms with Crippen molar-refractivity contribution < 1.29 is 13.9 Å². The number of rotatable bonds is 3. The molecule has 0 spiro atoms. The van der Waals surface area contributed by atoms with Crippen LogP contribution in [0.5, 0.6) is 11.5 Å². The largest absolute Gasteiger partial charge is 0.490 e. The van der Waals surface area contributed by atoms with Crippen LogP contribution in [0.3, 0.4) is 0 Å². The number of hydrogen-bond acceptors (Lipinski definition) is 2. The van der Waals surface area contributed by atoms with E-state index in [-0.39, 0.29) is 5.82 Å². The molecule has 1 aliphatic heterocycles. The van der Waals surface area contributed by atoms with E-state index in [9.17, 15) is 4.39 Å². The molecule has 0 aliphatic carbocycles. The van der Waals surface area contributed by atoms with Crippen LogP contribution in [0.25, 0.3) is 0 Å². The van der Waals surface area contributed by atoms with E-state index in [4.69, 9.17) is 9.47 Å². The average molecular weight is 196 g/mol. The zero-order valence-corrected chi connectivity index (χ0v) is 8.18. The van der Waals surface area contributed by atoms with Crippen LogP contribution in [0.2, 0.25) is 0 Å². The van der Waals surface area contributed by atoms with Crippen molar-refractivity contribution in [2.45, 2.75) is 19.8 Å². The van der Waals surface area contributed by atoms with Gasteiger partial charge in [0.25, 0.3) is 0 Å². The fourth-order valence-electron chi connectivity index (χ4n) is 1.55. The smallest absolute Gasteiger partial charge is 0.164 e. The summed E-state index contributed by atoms with van der Waals surface area (Å²) in [6, 6.07) is 2.90. The van der Waals surface area contributed by atoms with E-state index >= 15 is 0 Å². The van der Waals surface area contributed by atoms with Gasteiger partial charge in [-0.1, -0.05) is 6.92 Å². The maximum Gasteiger partial charge on any atom is 0.164 e. The van der Waals surface area contributed by atoms with Crippen LogP contribution in [-0.4, -0.2) is 13.2 Å². The van der Waals surface area contributed by atoms with Gasteiger partial charge in [-0.3, -0.25) is 0 Å². The Morgan fingerprint density at radius 1 is 1.50 bits per heavy atom. The van der Waals surface area contributed by atoms with Gasteiger partial charge in [-0.25, -0.2) is 4.39 Å². The minimum Gasteiger partial charge on any atom is -0.490 e. The lowest BCUT2D eigenvalue weighted by atomic mass is 10.1. The van der Waals surface area contributed by atoms with E-state index in [0.29, 0.717) is 19.0 Å². The molecule has 0 aromatic heterocycles. The van der Waals surface area contributed by atoms with Crippen LogP contribution < -0.4 is 9.47 Å². The lowest BCUT2D eigenvalue weighted by Crippen LogP contribution is -1.98. The molecular formula is C11H13FO2. The second kappa shape index (κ2) is 3.86. The Labute approximate surface area is 82.6 Å². The molecule has 1 aromatic carbocycles. The second-order valence-corrected chi connectivity index (χ2v) is 3.34. The summed E-state index contributed by atoms with van der Waals surface area (Å²) < 4.78 is 23.9. The molecule has 1 aliphatic rings. The van der Waals surface area contributed by atoms with Crippen molar-refractivity contribution in [3.63, 3.8) is 0 Å². The Bertz CT molecular complexity index is 336. The van der Waals surface area contributed by atoms with Crippen LogP contribution in [0, 0.1) is 5.82 Å². The molecule has 0 saturated carbocycles. The first-order valence-corrected chi connectivity index (χ1v) is 4.89. The highest BCUT2D eigenvalue weighted by molar-refractivity contribution is 5.49. The van der Waals surface area contributed by atoms with Crippen LogP contribution in [-0.2, 0) is 6.42 Å². The second-order valence-electron chi connectivity index (χ2n) is 3.34. The Kier molecular flexibility index (Phi) is 2.57. The Balaban J connectivity index is 2.29. The van der Waals surface area contributed by atoms with E-state index in [1.807, 2.05) is 6.92 Å². The van der Waals surface area contributed by atoms with Crippen LogP contribution >= 0.6 is 0 Å². The highest BCUT2D eigenvalue weighted by Gasteiger charge is 2.18. The molecule has 2 rings (SSSR count). The fourth-order valence-corrected chi connectivity index (χ4v) is 1.55. The number of hydrogen-bond donors (Lipinski definition) is 0. The predicted octanol–water partition coefficient (Wildman–Crippen LogP) is 2.55. The monoisotopic (exact) mass is 196 g/mol. The standard InChI is InChI=1S/C11H13FO2/c1-2-4-13-10-7-9(12)6-8-3-5-14-11(8)10/h6-7H,2-5H2,1H3. The molecule has 0 unspecified atom stereocenters. The van der Waals surface area contributed by atoms with Crippen molar-refractivity contribution in [1.29, 1.82) is 0 Å². The molecular weight excluding hydrogens is 183 g/mol. The molecule has 2 nitrogen and oxygen atoms in total. The summed E-state index contributed by atoms with van der Waals surface area (Å²) in [5.41, 5.74) is 0.913. The van der Waals surface area contributed by atoms with Crippen molar-refractivity contribution >= 4 is 0 Å². The molecule has 0 bridgehead atoms. The van der Waals surface area contributed by atoms with Gasteiger partial charge < -0.3 is 9.47 Å². The molecule has 0 atom stereocenters. The summed E-state index contributed by atoms with van der Waals surface area (Å²) in [6.07, 6.45) is 1.68. The van der Waals surface area contributed by atoms with Gasteiger partial charge in [0.2, 0.25) is 0 Å². The van der Waals surface area contributed by atoms with Crippen molar-refractivity contribution in [3.05, 3.63) is 23.5 Å². The summed E-state index contributed by atoms with van der Waals surface area (Å²) in [4.78, 5) is 0. The van der Waals surface area contributed by atoms with Gasteiger partial charge in [-0.2, -0.15) is 0 Å². The van der Waals surface area contributed by atoms with E-state index in [2.05, 4.69) is 0 Å². The van der Waals surface area contributed by atoms with E-state index in [0.717, 1.165) is 24.2 Å². The molecule has 0 N–H and O–H groups in total. The highest BCUT2D eigenvalue weighted by Crippen LogP contribution is 2.36. The van der Waals surface area contributed by atoms with Gasteiger partial charge in [0.05, 0.1) is 13.2 Å². The maximum atomic E-state index is 13.1. The van der Waals surface area contributed by atoms with Crippen LogP contribution in [0.15, 0.2) is 12.1 Å². The first-order valence-electron chi connectivity index (χ1n) is 4.89. The molecule has 0 amide bonds. The highest BCUT2D eigenvalue weighted by atomic mass is 19.1. The van der Waals surface area contributed by atoms with Gasteiger partial charge in [0.15, 0.2) is 11.5 Å². The summed E-state index contributed by atoms with van der Waals surface area (Å²) in [7, 11) is 0. The van der Waals surface area contributed by atoms with E-state index in [1.54, 1.807) is 0 Å². The minimum absolute atomic E-state index is 0.250. The van der Waals surface area contributed by atoms with Gasteiger partial charge in [0.1, 0.15) is 5.82 Å². The third-order valence-corrected chi connectivity index (χ3v) is 2.18. The molecule has 1 aromatic rings. The number of ether oxygens (including phenoxy) is 2. The molecule has 3 heteroatoms. The molecule has 0 fully saturated rings. The fraction of sp³-hybridized carbons (Fsp3) is 0.455. The normalized spacial score (nSPS) is 13.6. The van der Waals surface area contributed by atoms with Crippen LogP contribution in [0.4, 0.5) is 4.39 Å². The quantitative estimate of drug-likeness (QED) is 0.739. The molecule has 0 radical (unpaired) electrons. The number of fused-ring (bicyclic) bond motifs is 1. The molecule has 76 valence electrons. The average Bonchev–Trinajstić information content (AvgIpc) is 2.61. The molecule has 14 heavy (non-hydrogen) atoms. The summed E-state index contributed by atoms with van der Waals surface area (Å²) in [5, 5.41) is 0. The Hall–Kier alpha value is -1.25. The SMILES string of the molecule is CCCOc1cc(F)cc2c1OCC2. The van der Waals surface area contributed by atoms with Crippen molar-refractivity contribution in [3.8, 4) is 11.5 Å². The summed E-state index contributed by atoms with van der Waals surface area (Å²) in [5.74, 6) is 1.01. The maximum absolute atomic E-state index is 13.1. The van der Waals surface area contributed by atoms with Crippen molar-refractivity contribution in [2.75, 3.05) is 13.2 Å². The Morgan fingerprint density at radius 2 is 2.36 bits per heavy atom. The molecule has 1 heterocycles. The summed E-state index contributed by atoms with van der Waals surface area (Å²) >= 11 is 0. The zero-order chi connectivity index (χ0) is 9.97. The Morgan fingerprint density at radius 3 is 3.14 bits per heavy atom. The summed E-state index contributed by atoms with van der Waals surface area (Å²) in [6.45, 7) is 3.24. The minimum atomic E-state index is -0.250. The third-order valence-electron chi connectivity index (χ3n) is 2.18. The molecule has 0 saturated heterocycles.